The summed E-state index contributed by atoms with van der Waals surface area (Å²) >= 11 is 11.2. The zero-order valence-corrected chi connectivity index (χ0v) is 15.4. The van der Waals surface area contributed by atoms with E-state index in [4.69, 9.17) is 0 Å². The molecule has 0 amide bonds. The Hall–Kier alpha value is 1.05. The van der Waals surface area contributed by atoms with Gasteiger partial charge in [0.15, 0.2) is 0 Å². The number of sulfonamides is 1. The molecule has 8 heteroatoms. The number of nitrogens with one attached hydrogen (secondary N) is 1. The molecule has 0 aliphatic heterocycles. The van der Waals surface area contributed by atoms with Crippen LogP contribution in [-0.2, 0) is 10.0 Å². The SMILES string of the molecule is CCC(CBr)(CBr)NS(=O)(=O)c1ccc(Br)s1. The van der Waals surface area contributed by atoms with Gasteiger partial charge < -0.3 is 0 Å². The van der Waals surface area contributed by atoms with E-state index in [-0.39, 0.29) is 0 Å². The summed E-state index contributed by atoms with van der Waals surface area (Å²) in [6.45, 7) is 1.95. The highest BCUT2D eigenvalue weighted by molar-refractivity contribution is 9.11. The second kappa shape index (κ2) is 6.47. The molecule has 17 heavy (non-hydrogen) atoms. The Labute approximate surface area is 131 Å². The van der Waals surface area contributed by atoms with Gasteiger partial charge in [0, 0.05) is 10.7 Å². The van der Waals surface area contributed by atoms with Crippen molar-refractivity contribution in [2.45, 2.75) is 23.1 Å². The van der Waals surface area contributed by atoms with Crippen molar-refractivity contribution in [1.82, 2.24) is 4.72 Å². The van der Waals surface area contributed by atoms with Crippen LogP contribution in [0.1, 0.15) is 13.3 Å². The molecule has 1 N–H and O–H groups in total. The highest BCUT2D eigenvalue weighted by atomic mass is 79.9. The van der Waals surface area contributed by atoms with E-state index in [0.717, 1.165) is 3.79 Å². The van der Waals surface area contributed by atoms with Gasteiger partial charge >= 0.3 is 0 Å². The van der Waals surface area contributed by atoms with Crippen molar-refractivity contribution in [3.63, 3.8) is 0 Å². The monoisotopic (exact) mass is 467 g/mol. The molecular weight excluding hydrogens is 458 g/mol. The molecular formula is C9H12Br3NO2S2. The average molecular weight is 470 g/mol. The van der Waals surface area contributed by atoms with Crippen LogP contribution in [0, 0.1) is 0 Å². The van der Waals surface area contributed by atoms with Crippen molar-refractivity contribution < 1.29 is 8.42 Å². The second-order valence-electron chi connectivity index (χ2n) is 3.57. The molecule has 1 heterocycles. The van der Waals surface area contributed by atoms with Crippen molar-refractivity contribution >= 4 is 69.1 Å². The lowest BCUT2D eigenvalue weighted by atomic mass is 10.0. The summed E-state index contributed by atoms with van der Waals surface area (Å²) in [5.74, 6) is 0. The Morgan fingerprint density at radius 2 is 1.94 bits per heavy atom. The number of alkyl halides is 2. The van der Waals surface area contributed by atoms with Crippen LogP contribution in [0.15, 0.2) is 20.1 Å². The van der Waals surface area contributed by atoms with Crippen LogP contribution in [0.3, 0.4) is 0 Å². The van der Waals surface area contributed by atoms with Crippen LogP contribution in [0.5, 0.6) is 0 Å². The fraction of sp³-hybridized carbons (Fsp3) is 0.556. The summed E-state index contributed by atoms with van der Waals surface area (Å²) in [6, 6.07) is 3.33. The molecule has 0 bridgehead atoms. The predicted octanol–water partition coefficient (Wildman–Crippen LogP) is 3.73. The zero-order valence-electron chi connectivity index (χ0n) is 9.04. The standard InChI is InChI=1S/C9H12Br3NO2S2/c1-2-9(5-10,6-11)13-17(14,15)8-4-3-7(12)16-8/h3-4,13H,2,5-6H2,1H3. The predicted molar refractivity (Wildman–Crippen MR) is 83.0 cm³/mol. The van der Waals surface area contributed by atoms with E-state index in [0.29, 0.717) is 21.3 Å². The third-order valence-corrected chi connectivity index (χ3v) is 8.19. The topological polar surface area (TPSA) is 46.2 Å². The summed E-state index contributed by atoms with van der Waals surface area (Å²) in [6.07, 6.45) is 0.704. The Morgan fingerprint density at radius 3 is 2.29 bits per heavy atom. The van der Waals surface area contributed by atoms with Crippen molar-refractivity contribution in [1.29, 1.82) is 0 Å². The summed E-state index contributed by atoms with van der Waals surface area (Å²) in [4.78, 5) is 0. The van der Waals surface area contributed by atoms with Gasteiger partial charge in [0.05, 0.1) is 9.33 Å². The molecule has 0 saturated carbocycles. The first-order valence-corrected chi connectivity index (χ1v) is 10.1. The van der Waals surface area contributed by atoms with Gasteiger partial charge in [-0.05, 0) is 34.5 Å². The number of rotatable bonds is 6. The van der Waals surface area contributed by atoms with Crippen molar-refractivity contribution in [3.05, 3.63) is 15.9 Å². The number of hydrogen-bond donors (Lipinski definition) is 1. The fourth-order valence-corrected chi connectivity index (χ4v) is 6.98. The van der Waals surface area contributed by atoms with Crippen molar-refractivity contribution in [2.24, 2.45) is 0 Å². The lowest BCUT2D eigenvalue weighted by Gasteiger charge is -2.29. The van der Waals surface area contributed by atoms with Crippen LogP contribution >= 0.6 is 59.1 Å². The zero-order chi connectivity index (χ0) is 13.1. The molecule has 1 aromatic heterocycles. The molecule has 0 fully saturated rings. The first-order valence-electron chi connectivity index (χ1n) is 4.80. The van der Waals surface area contributed by atoms with E-state index >= 15 is 0 Å². The van der Waals surface area contributed by atoms with Crippen LogP contribution < -0.4 is 4.72 Å². The van der Waals surface area contributed by atoms with Crippen LogP contribution in [0.2, 0.25) is 0 Å². The first kappa shape index (κ1) is 16.1. The van der Waals surface area contributed by atoms with E-state index in [1.165, 1.54) is 11.3 Å². The molecule has 0 aliphatic carbocycles. The van der Waals surface area contributed by atoms with E-state index in [2.05, 4.69) is 52.5 Å². The van der Waals surface area contributed by atoms with Crippen LogP contribution in [0.25, 0.3) is 0 Å². The normalized spacial score (nSPS) is 12.9. The maximum absolute atomic E-state index is 12.2. The van der Waals surface area contributed by atoms with Crippen LogP contribution in [0.4, 0.5) is 0 Å². The van der Waals surface area contributed by atoms with Gasteiger partial charge in [-0.25, -0.2) is 13.1 Å². The molecule has 0 aromatic carbocycles. The minimum Gasteiger partial charge on any atom is -0.206 e. The number of thiophene rings is 1. The van der Waals surface area contributed by atoms with Gasteiger partial charge in [-0.2, -0.15) is 0 Å². The largest absolute Gasteiger partial charge is 0.250 e. The van der Waals surface area contributed by atoms with E-state index in [1.807, 2.05) is 6.92 Å². The Bertz CT molecular complexity index is 460. The lowest BCUT2D eigenvalue weighted by molar-refractivity contribution is 0.460. The molecule has 98 valence electrons. The van der Waals surface area contributed by atoms with Gasteiger partial charge in [-0.3, -0.25) is 0 Å². The Balaban J connectivity index is 3.00. The Morgan fingerprint density at radius 1 is 1.35 bits per heavy atom. The van der Waals surface area contributed by atoms with Crippen molar-refractivity contribution in [2.75, 3.05) is 10.7 Å². The van der Waals surface area contributed by atoms with Gasteiger partial charge in [0.25, 0.3) is 10.0 Å². The number of halogens is 3. The highest BCUT2D eigenvalue weighted by Gasteiger charge is 2.32. The summed E-state index contributed by atoms with van der Waals surface area (Å²) in [5.41, 5.74) is -0.491. The third-order valence-electron chi connectivity index (χ3n) is 2.35. The molecule has 0 aliphatic rings. The molecule has 0 atom stereocenters. The third kappa shape index (κ3) is 4.01. The average Bonchev–Trinajstić information content (AvgIpc) is 2.74. The molecule has 3 nitrogen and oxygen atoms in total. The maximum Gasteiger partial charge on any atom is 0.250 e. The van der Waals surface area contributed by atoms with Gasteiger partial charge in [0.2, 0.25) is 0 Å². The van der Waals surface area contributed by atoms with Gasteiger partial charge in [-0.1, -0.05) is 38.8 Å². The minimum absolute atomic E-state index is 0.323. The van der Waals surface area contributed by atoms with E-state index in [9.17, 15) is 8.42 Å². The maximum atomic E-state index is 12.2. The van der Waals surface area contributed by atoms with Gasteiger partial charge in [0.1, 0.15) is 4.21 Å². The fourth-order valence-electron chi connectivity index (χ4n) is 1.13. The second-order valence-corrected chi connectivity index (χ2v) is 9.06. The summed E-state index contributed by atoms with van der Waals surface area (Å²) in [7, 11) is -3.45. The van der Waals surface area contributed by atoms with Crippen LogP contribution in [-0.4, -0.2) is 24.6 Å². The highest BCUT2D eigenvalue weighted by Crippen LogP contribution is 2.28. The molecule has 0 radical (unpaired) electrons. The molecule has 0 unspecified atom stereocenters. The van der Waals surface area contributed by atoms with E-state index in [1.54, 1.807) is 12.1 Å². The molecule has 0 saturated heterocycles. The quantitative estimate of drug-likeness (QED) is 0.645. The molecule has 1 rings (SSSR count). The van der Waals surface area contributed by atoms with Gasteiger partial charge in [-0.15, -0.1) is 11.3 Å². The van der Waals surface area contributed by atoms with E-state index < -0.39 is 15.6 Å². The lowest BCUT2D eigenvalue weighted by Crippen LogP contribution is -2.50. The first-order chi connectivity index (χ1) is 7.89. The summed E-state index contributed by atoms with van der Waals surface area (Å²) < 4.78 is 28.2. The van der Waals surface area contributed by atoms with Crippen molar-refractivity contribution in [3.8, 4) is 0 Å². The number of hydrogen-bond acceptors (Lipinski definition) is 3. The smallest absolute Gasteiger partial charge is 0.206 e. The minimum atomic E-state index is -3.45. The summed E-state index contributed by atoms with van der Waals surface area (Å²) in [5, 5.41) is 1.13. The molecule has 1 aromatic rings. The molecule has 0 spiro atoms. The Kier molecular flexibility index (Phi) is 6.13.